The minimum atomic E-state index is 0.0244. The van der Waals surface area contributed by atoms with E-state index in [1.165, 1.54) is 16.7 Å². The fourth-order valence-electron chi connectivity index (χ4n) is 3.14. The molecule has 0 spiro atoms. The van der Waals surface area contributed by atoms with Crippen molar-refractivity contribution in [2.45, 2.75) is 24.5 Å². The summed E-state index contributed by atoms with van der Waals surface area (Å²) in [4.78, 5) is 17.7. The van der Waals surface area contributed by atoms with Crippen LogP contribution in [0, 0.1) is 0 Å². The van der Waals surface area contributed by atoms with Crippen LogP contribution in [-0.2, 0) is 19.6 Å². The molecular formula is C20H24N2O2S. The van der Waals surface area contributed by atoms with E-state index in [1.54, 1.807) is 16.7 Å². The van der Waals surface area contributed by atoms with Crippen LogP contribution in [0.25, 0.3) is 0 Å². The molecule has 132 valence electrons. The van der Waals surface area contributed by atoms with Gasteiger partial charge in [0.15, 0.2) is 0 Å². The first-order chi connectivity index (χ1) is 12.1. The number of hydrogen-bond acceptors (Lipinski definition) is 4. The molecule has 25 heavy (non-hydrogen) atoms. The van der Waals surface area contributed by atoms with E-state index in [2.05, 4.69) is 30.1 Å². The van der Waals surface area contributed by atoms with E-state index in [0.717, 1.165) is 18.0 Å². The minimum absolute atomic E-state index is 0.0244. The van der Waals surface area contributed by atoms with E-state index in [1.807, 2.05) is 31.3 Å². The molecule has 0 bridgehead atoms. The summed E-state index contributed by atoms with van der Waals surface area (Å²) in [5.41, 5.74) is 4.61. The number of aliphatic hydroxyl groups excluding tert-OH is 1. The third-order valence-corrected chi connectivity index (χ3v) is 5.37. The van der Waals surface area contributed by atoms with Crippen LogP contribution < -0.4 is 0 Å². The molecule has 1 heterocycles. The molecule has 1 aliphatic rings. The normalized spacial score (nSPS) is 13.7. The van der Waals surface area contributed by atoms with Crippen LogP contribution in [0.5, 0.6) is 0 Å². The number of hydrogen-bond donors (Lipinski definition) is 1. The summed E-state index contributed by atoms with van der Waals surface area (Å²) in [6, 6.07) is 14.1. The second-order valence-electron chi connectivity index (χ2n) is 6.53. The van der Waals surface area contributed by atoms with Crippen molar-refractivity contribution in [3.63, 3.8) is 0 Å². The topological polar surface area (TPSA) is 43.8 Å². The molecular weight excluding hydrogens is 332 g/mol. The van der Waals surface area contributed by atoms with Gasteiger partial charge < -0.3 is 10.0 Å². The van der Waals surface area contributed by atoms with E-state index >= 15 is 0 Å². The number of aliphatic hydroxyl groups is 1. The third-order valence-electron chi connectivity index (χ3n) is 4.38. The molecule has 2 aromatic carbocycles. The largest absolute Gasteiger partial charge is 0.396 e. The highest BCUT2D eigenvalue weighted by Crippen LogP contribution is 2.23. The fourth-order valence-corrected chi connectivity index (χ4v) is 3.80. The van der Waals surface area contributed by atoms with E-state index in [4.69, 9.17) is 5.11 Å². The van der Waals surface area contributed by atoms with Gasteiger partial charge in [-0.2, -0.15) is 0 Å². The lowest BCUT2D eigenvalue weighted by Gasteiger charge is -2.18. The van der Waals surface area contributed by atoms with Gasteiger partial charge in [-0.15, -0.1) is 11.8 Å². The Morgan fingerprint density at radius 1 is 1.16 bits per heavy atom. The van der Waals surface area contributed by atoms with Crippen LogP contribution in [0.2, 0.25) is 0 Å². The van der Waals surface area contributed by atoms with Crippen molar-refractivity contribution >= 4 is 17.7 Å². The Hall–Kier alpha value is -1.82. The predicted molar refractivity (Wildman–Crippen MR) is 102 cm³/mol. The van der Waals surface area contributed by atoms with Crippen molar-refractivity contribution in [3.8, 4) is 0 Å². The van der Waals surface area contributed by atoms with E-state index in [0.29, 0.717) is 17.9 Å². The zero-order chi connectivity index (χ0) is 17.8. The van der Waals surface area contributed by atoms with Gasteiger partial charge in [-0.3, -0.25) is 9.69 Å². The first-order valence-electron chi connectivity index (χ1n) is 8.45. The summed E-state index contributed by atoms with van der Waals surface area (Å²) in [6.45, 7) is 2.75. The van der Waals surface area contributed by atoms with Crippen molar-refractivity contribution in [2.24, 2.45) is 0 Å². The molecule has 3 rings (SSSR count). The quantitative estimate of drug-likeness (QED) is 0.808. The Morgan fingerprint density at radius 2 is 1.88 bits per heavy atom. The smallest absolute Gasteiger partial charge is 0.253 e. The zero-order valence-corrected chi connectivity index (χ0v) is 15.6. The highest BCUT2D eigenvalue weighted by atomic mass is 32.2. The maximum absolute atomic E-state index is 12.6. The zero-order valence-electron chi connectivity index (χ0n) is 14.7. The van der Waals surface area contributed by atoms with E-state index < -0.39 is 0 Å². The molecule has 1 aliphatic heterocycles. The molecule has 0 saturated carbocycles. The third kappa shape index (κ3) is 4.42. The highest BCUT2D eigenvalue weighted by molar-refractivity contribution is 7.99. The van der Waals surface area contributed by atoms with Gasteiger partial charge in [0.05, 0.1) is 6.61 Å². The SMILES string of the molecule is CN1Cc2ccc(CN(C)C(=O)c3ccc(SCCO)cc3)cc2C1. The summed E-state index contributed by atoms with van der Waals surface area (Å²) in [5.74, 6) is 0.692. The van der Waals surface area contributed by atoms with Gasteiger partial charge in [0.2, 0.25) is 0 Å². The van der Waals surface area contributed by atoms with Crippen LogP contribution in [0.1, 0.15) is 27.0 Å². The van der Waals surface area contributed by atoms with Gasteiger partial charge in [-0.25, -0.2) is 0 Å². The van der Waals surface area contributed by atoms with Crippen LogP contribution in [0.15, 0.2) is 47.4 Å². The van der Waals surface area contributed by atoms with E-state index in [-0.39, 0.29) is 12.5 Å². The molecule has 0 unspecified atom stereocenters. The van der Waals surface area contributed by atoms with Gasteiger partial charge in [0.25, 0.3) is 5.91 Å². The van der Waals surface area contributed by atoms with Gasteiger partial charge in [-0.05, 0) is 48.0 Å². The van der Waals surface area contributed by atoms with Gasteiger partial charge >= 0.3 is 0 Å². The Bertz CT molecular complexity index is 746. The molecule has 2 aromatic rings. The number of amides is 1. The molecule has 1 amide bonds. The molecule has 0 saturated heterocycles. The van der Waals surface area contributed by atoms with Crippen molar-refractivity contribution < 1.29 is 9.90 Å². The number of fused-ring (bicyclic) bond motifs is 1. The number of carbonyl (C=O) groups excluding carboxylic acids is 1. The maximum atomic E-state index is 12.6. The van der Waals surface area contributed by atoms with Crippen molar-refractivity contribution in [2.75, 3.05) is 26.5 Å². The van der Waals surface area contributed by atoms with Crippen molar-refractivity contribution in [3.05, 3.63) is 64.7 Å². The number of nitrogens with zero attached hydrogens (tertiary/aromatic N) is 2. The minimum Gasteiger partial charge on any atom is -0.396 e. The highest BCUT2D eigenvalue weighted by Gasteiger charge is 2.17. The first-order valence-corrected chi connectivity index (χ1v) is 9.44. The molecule has 4 nitrogen and oxygen atoms in total. The maximum Gasteiger partial charge on any atom is 0.253 e. The molecule has 1 N–H and O–H groups in total. The summed E-state index contributed by atoms with van der Waals surface area (Å²) in [5, 5.41) is 8.87. The van der Waals surface area contributed by atoms with Crippen LogP contribution in [-0.4, -0.2) is 47.3 Å². The average Bonchev–Trinajstić information content (AvgIpc) is 2.99. The first kappa shape index (κ1) is 18.0. The Balaban J connectivity index is 1.64. The van der Waals surface area contributed by atoms with Gasteiger partial charge in [-0.1, -0.05) is 18.2 Å². The van der Waals surface area contributed by atoms with Gasteiger partial charge in [0.1, 0.15) is 0 Å². The Labute approximate surface area is 153 Å². The number of thioether (sulfide) groups is 1. The standard InChI is InChI=1S/C20H24N2O2S/c1-21-13-17-4-3-15(11-18(17)14-21)12-22(2)20(24)16-5-7-19(8-6-16)25-10-9-23/h3-8,11,23H,9-10,12-14H2,1-2H3. The fraction of sp³-hybridized carbons (Fsp3) is 0.350. The Kier molecular flexibility index (Phi) is 5.78. The summed E-state index contributed by atoms with van der Waals surface area (Å²) >= 11 is 1.58. The summed E-state index contributed by atoms with van der Waals surface area (Å²) < 4.78 is 0. The lowest BCUT2D eigenvalue weighted by Crippen LogP contribution is -2.26. The van der Waals surface area contributed by atoms with Crippen molar-refractivity contribution in [1.29, 1.82) is 0 Å². The van der Waals surface area contributed by atoms with Crippen LogP contribution >= 0.6 is 11.8 Å². The molecule has 0 fully saturated rings. The number of benzene rings is 2. The number of carbonyl (C=O) groups is 1. The lowest BCUT2D eigenvalue weighted by molar-refractivity contribution is 0.0785. The summed E-state index contributed by atoms with van der Waals surface area (Å²) in [6.07, 6.45) is 0. The second-order valence-corrected chi connectivity index (χ2v) is 7.70. The lowest BCUT2D eigenvalue weighted by atomic mass is 10.1. The van der Waals surface area contributed by atoms with Crippen LogP contribution in [0.4, 0.5) is 0 Å². The predicted octanol–water partition coefficient (Wildman–Crippen LogP) is 2.99. The van der Waals surface area contributed by atoms with Gasteiger partial charge in [0, 0.05) is 42.9 Å². The molecule has 0 aliphatic carbocycles. The van der Waals surface area contributed by atoms with Crippen LogP contribution in [0.3, 0.4) is 0 Å². The van der Waals surface area contributed by atoms with Crippen molar-refractivity contribution in [1.82, 2.24) is 9.80 Å². The Morgan fingerprint density at radius 3 is 2.60 bits per heavy atom. The monoisotopic (exact) mass is 356 g/mol. The molecule has 0 radical (unpaired) electrons. The average molecular weight is 356 g/mol. The summed E-state index contributed by atoms with van der Waals surface area (Å²) in [7, 11) is 3.97. The van der Waals surface area contributed by atoms with E-state index in [9.17, 15) is 4.79 Å². The number of rotatable bonds is 6. The molecule has 0 atom stereocenters. The second kappa shape index (κ2) is 8.04. The molecule has 5 heteroatoms. The molecule has 0 aromatic heterocycles.